The summed E-state index contributed by atoms with van der Waals surface area (Å²) in [6.45, 7) is 0. The van der Waals surface area contributed by atoms with Crippen molar-refractivity contribution in [3.05, 3.63) is 0 Å². The van der Waals surface area contributed by atoms with Crippen LogP contribution in [0.4, 0.5) is 0 Å². The molecule has 0 radical (unpaired) electrons. The largest absolute Gasteiger partial charge is 1.00 e. The molecule has 0 saturated carbocycles. The van der Waals surface area contributed by atoms with Crippen LogP contribution in [-0.4, -0.2) is 7.11 Å². The van der Waals surface area contributed by atoms with E-state index < -0.39 is 0 Å². The van der Waals surface area contributed by atoms with Crippen LogP contribution in [-0.2, 0) is 0 Å². The van der Waals surface area contributed by atoms with Crippen molar-refractivity contribution in [2.24, 2.45) is 0 Å². The zero-order valence-electron chi connectivity index (χ0n) is 2.41. The molecule has 0 amide bonds. The smallest absolute Gasteiger partial charge is 0.857 e. The summed E-state index contributed by atoms with van der Waals surface area (Å²) >= 11 is 0. The van der Waals surface area contributed by atoms with E-state index in [0.29, 0.717) is 0 Å². The van der Waals surface area contributed by atoms with Crippen LogP contribution in [0.2, 0.25) is 0 Å². The number of hydrogen-bond acceptors (Lipinski definition) is 1. The Bertz CT molecular complexity index is 6.00. The van der Waals surface area contributed by atoms with Gasteiger partial charge >= 0.3 is 29.6 Å². The first kappa shape index (κ1) is 20.2. The van der Waals surface area contributed by atoms with E-state index in [1.165, 1.54) is 0 Å². The Hall–Kier alpha value is 0.960. The average Bonchev–Trinajstić information content (AvgIpc) is 1.00. The molecule has 0 aromatic carbocycles. The molecule has 0 aliphatic carbocycles. The molecule has 1 nitrogen and oxygen atoms in total. The Morgan fingerprint density at radius 2 is 1.25 bits per heavy atom. The second-order valence-electron chi connectivity index (χ2n) is 0. The van der Waals surface area contributed by atoms with Gasteiger partial charge in [0.25, 0.3) is 0 Å². The van der Waals surface area contributed by atoms with Crippen LogP contribution in [0.15, 0.2) is 0 Å². The Balaban J connectivity index is -0.00000000500. The van der Waals surface area contributed by atoms with Gasteiger partial charge in [-0.1, -0.05) is 7.43 Å². The fraction of sp³-hybridized carbons (Fsp3) is 1.00. The third-order valence-electron chi connectivity index (χ3n) is 0. The molecule has 0 atom stereocenters. The van der Waals surface area contributed by atoms with Gasteiger partial charge in [0.15, 0.2) is 0 Å². The molecule has 0 unspecified atom stereocenters. The van der Waals surface area contributed by atoms with Crippen molar-refractivity contribution in [3.63, 3.8) is 0 Å². The van der Waals surface area contributed by atoms with Gasteiger partial charge in [-0.3, -0.25) is 0 Å². The molecule has 4 heavy (non-hydrogen) atoms. The monoisotopic (exact) mass is 70.0 g/mol. The number of hydrogen-bond donors (Lipinski definition) is 0. The third kappa shape index (κ3) is 12.3. The minimum atomic E-state index is 0. The standard InChI is InChI=1S/CH3O.CH4.Na/c1-2;;/h1H3;1H4;/q-1;;+1. The molecule has 0 spiro atoms. The van der Waals surface area contributed by atoms with E-state index >= 15 is 0 Å². The maximum Gasteiger partial charge on any atom is 1.00 e. The van der Waals surface area contributed by atoms with Crippen molar-refractivity contribution < 1.29 is 34.7 Å². The van der Waals surface area contributed by atoms with Crippen molar-refractivity contribution >= 4 is 0 Å². The van der Waals surface area contributed by atoms with Crippen molar-refractivity contribution in [1.29, 1.82) is 0 Å². The second-order valence-corrected chi connectivity index (χ2v) is 0. The maximum absolute atomic E-state index is 8.25. The SMILES string of the molecule is C.C[O-].[Na+]. The van der Waals surface area contributed by atoms with E-state index in [-0.39, 0.29) is 37.0 Å². The molecule has 0 fully saturated rings. The van der Waals surface area contributed by atoms with Gasteiger partial charge in [-0.15, -0.1) is 0 Å². The molecular formula is C2H7NaO. The zero-order valence-corrected chi connectivity index (χ0v) is 4.41. The van der Waals surface area contributed by atoms with Crippen LogP contribution in [0.3, 0.4) is 0 Å². The predicted octanol–water partition coefficient (Wildman–Crippen LogP) is -3.38. The van der Waals surface area contributed by atoms with Crippen molar-refractivity contribution in [2.45, 2.75) is 7.43 Å². The Morgan fingerprint density at radius 1 is 1.25 bits per heavy atom. The summed E-state index contributed by atoms with van der Waals surface area (Å²) in [6, 6.07) is 0. The quantitative estimate of drug-likeness (QED) is 0.273. The summed E-state index contributed by atoms with van der Waals surface area (Å²) in [7, 11) is 0.750. The normalized spacial score (nSPS) is 1.50. The molecule has 2 heteroatoms. The second kappa shape index (κ2) is 37.6. The fourth-order valence-electron chi connectivity index (χ4n) is 0. The molecule has 0 heterocycles. The third-order valence-corrected chi connectivity index (χ3v) is 0. The Morgan fingerprint density at radius 3 is 1.25 bits per heavy atom. The summed E-state index contributed by atoms with van der Waals surface area (Å²) in [6.07, 6.45) is 0. The van der Waals surface area contributed by atoms with Crippen LogP contribution >= 0.6 is 0 Å². The first-order valence-electron chi connectivity index (χ1n) is 0.408. The molecule has 22 valence electrons. The fourth-order valence-corrected chi connectivity index (χ4v) is 0. The van der Waals surface area contributed by atoms with Gasteiger partial charge in [0.2, 0.25) is 0 Å². The van der Waals surface area contributed by atoms with Crippen LogP contribution in [0.5, 0.6) is 0 Å². The van der Waals surface area contributed by atoms with Crippen molar-refractivity contribution in [1.82, 2.24) is 0 Å². The van der Waals surface area contributed by atoms with Gasteiger partial charge < -0.3 is 5.11 Å². The van der Waals surface area contributed by atoms with Gasteiger partial charge in [0, 0.05) is 0 Å². The predicted molar refractivity (Wildman–Crippen MR) is 12.7 cm³/mol. The minimum Gasteiger partial charge on any atom is -0.857 e. The average molecular weight is 70.1 g/mol. The maximum atomic E-state index is 8.25. The molecular weight excluding hydrogens is 63.0 g/mol. The van der Waals surface area contributed by atoms with Crippen molar-refractivity contribution in [3.8, 4) is 0 Å². The topological polar surface area (TPSA) is 23.1 Å². The van der Waals surface area contributed by atoms with Crippen molar-refractivity contribution in [2.75, 3.05) is 7.11 Å². The zero-order chi connectivity index (χ0) is 2.00. The van der Waals surface area contributed by atoms with E-state index in [1.807, 2.05) is 0 Å². The minimum absolute atomic E-state index is 0. The van der Waals surface area contributed by atoms with E-state index in [1.54, 1.807) is 0 Å². The number of rotatable bonds is 0. The molecule has 0 aromatic heterocycles. The Kier molecular flexibility index (Phi) is 191. The van der Waals surface area contributed by atoms with E-state index in [0.717, 1.165) is 7.11 Å². The molecule has 0 aliphatic rings. The molecule has 0 bridgehead atoms. The van der Waals surface area contributed by atoms with Gasteiger partial charge in [-0.2, -0.15) is 7.11 Å². The van der Waals surface area contributed by atoms with E-state index in [2.05, 4.69) is 0 Å². The molecule has 0 rings (SSSR count). The summed E-state index contributed by atoms with van der Waals surface area (Å²) < 4.78 is 0. The summed E-state index contributed by atoms with van der Waals surface area (Å²) in [4.78, 5) is 0. The molecule has 0 saturated heterocycles. The summed E-state index contributed by atoms with van der Waals surface area (Å²) in [5, 5.41) is 8.25. The van der Waals surface area contributed by atoms with Gasteiger partial charge in [0.05, 0.1) is 0 Å². The van der Waals surface area contributed by atoms with E-state index in [4.69, 9.17) is 5.11 Å². The first-order valence-corrected chi connectivity index (χ1v) is 0.408. The Labute approximate surface area is 49.3 Å². The molecule has 0 aromatic rings. The van der Waals surface area contributed by atoms with Crippen LogP contribution in [0.25, 0.3) is 0 Å². The van der Waals surface area contributed by atoms with Gasteiger partial charge in [-0.05, 0) is 0 Å². The van der Waals surface area contributed by atoms with E-state index in [9.17, 15) is 0 Å². The summed E-state index contributed by atoms with van der Waals surface area (Å²) in [5.41, 5.74) is 0. The van der Waals surface area contributed by atoms with Crippen LogP contribution < -0.4 is 34.7 Å². The van der Waals surface area contributed by atoms with Gasteiger partial charge in [0.1, 0.15) is 0 Å². The molecule has 0 aliphatic heterocycles. The van der Waals surface area contributed by atoms with Crippen LogP contribution in [0.1, 0.15) is 7.43 Å². The molecule has 0 N–H and O–H groups in total. The summed E-state index contributed by atoms with van der Waals surface area (Å²) in [5.74, 6) is 0. The van der Waals surface area contributed by atoms with Gasteiger partial charge in [-0.25, -0.2) is 0 Å². The first-order chi connectivity index (χ1) is 1.00. The van der Waals surface area contributed by atoms with Crippen LogP contribution in [0, 0.1) is 0 Å².